The summed E-state index contributed by atoms with van der Waals surface area (Å²) in [5.74, 6) is -0.160. The Morgan fingerprint density at radius 1 is 1.20 bits per heavy atom. The molecule has 0 aliphatic heterocycles. The molecule has 0 saturated heterocycles. The molecule has 0 atom stereocenters. The first kappa shape index (κ1) is 16.2. The second-order valence-corrected chi connectivity index (χ2v) is 4.98. The van der Waals surface area contributed by atoms with Crippen molar-refractivity contribution in [1.29, 1.82) is 0 Å². The zero-order valence-corrected chi connectivity index (χ0v) is 12.0. The molecule has 1 rings (SSSR count). The van der Waals surface area contributed by atoms with Gasteiger partial charge in [-0.3, -0.25) is 9.59 Å². The van der Waals surface area contributed by atoms with E-state index in [-0.39, 0.29) is 24.5 Å². The van der Waals surface area contributed by atoms with Gasteiger partial charge in [-0.1, -0.05) is 12.1 Å². The number of hydrogen-bond acceptors (Lipinski definition) is 3. The monoisotopic (exact) mass is 278 g/mol. The van der Waals surface area contributed by atoms with Crippen LogP contribution in [0.25, 0.3) is 0 Å². The highest BCUT2D eigenvalue weighted by Crippen LogP contribution is 2.11. The Balaban J connectivity index is 2.31. The largest absolute Gasteiger partial charge is 0.392 e. The molecule has 5 nitrogen and oxygen atoms in total. The van der Waals surface area contributed by atoms with Crippen molar-refractivity contribution < 1.29 is 14.7 Å². The van der Waals surface area contributed by atoms with E-state index in [1.807, 2.05) is 13.8 Å². The Bertz CT molecular complexity index is 458. The third-order valence-electron chi connectivity index (χ3n) is 2.65. The molecule has 110 valence electrons. The predicted molar refractivity (Wildman–Crippen MR) is 78.1 cm³/mol. The number of nitrogens with one attached hydrogen (secondary N) is 2. The first-order chi connectivity index (χ1) is 9.51. The van der Waals surface area contributed by atoms with Gasteiger partial charge in [-0.2, -0.15) is 0 Å². The van der Waals surface area contributed by atoms with E-state index in [0.717, 1.165) is 5.56 Å². The van der Waals surface area contributed by atoms with Gasteiger partial charge in [-0.15, -0.1) is 0 Å². The summed E-state index contributed by atoms with van der Waals surface area (Å²) < 4.78 is 0. The van der Waals surface area contributed by atoms with E-state index in [4.69, 9.17) is 5.11 Å². The lowest BCUT2D eigenvalue weighted by molar-refractivity contribution is -0.121. The minimum atomic E-state index is -0.127. The molecule has 0 aliphatic carbocycles. The van der Waals surface area contributed by atoms with E-state index in [1.54, 1.807) is 24.3 Å². The lowest BCUT2D eigenvalue weighted by atomic mass is 10.2. The van der Waals surface area contributed by atoms with Crippen molar-refractivity contribution in [2.75, 3.05) is 5.32 Å². The number of carbonyl (C=O) groups excluding carboxylic acids is 2. The van der Waals surface area contributed by atoms with Gasteiger partial charge in [-0.25, -0.2) is 0 Å². The summed E-state index contributed by atoms with van der Waals surface area (Å²) in [6.45, 7) is 3.75. The zero-order valence-electron chi connectivity index (χ0n) is 12.0. The van der Waals surface area contributed by atoms with E-state index < -0.39 is 0 Å². The molecule has 5 heteroatoms. The van der Waals surface area contributed by atoms with Crippen molar-refractivity contribution in [1.82, 2.24) is 5.32 Å². The summed E-state index contributed by atoms with van der Waals surface area (Å²) in [7, 11) is 0. The molecule has 0 bridgehead atoms. The zero-order chi connectivity index (χ0) is 15.0. The normalized spacial score (nSPS) is 10.4. The lowest BCUT2D eigenvalue weighted by Gasteiger charge is -2.08. The second-order valence-electron chi connectivity index (χ2n) is 4.98. The van der Waals surface area contributed by atoms with Crippen molar-refractivity contribution >= 4 is 17.5 Å². The van der Waals surface area contributed by atoms with E-state index >= 15 is 0 Å². The fourth-order valence-corrected chi connectivity index (χ4v) is 1.77. The molecule has 0 aliphatic rings. The number of aliphatic hydroxyl groups is 1. The number of anilines is 1. The molecule has 0 saturated carbocycles. The van der Waals surface area contributed by atoms with Gasteiger partial charge >= 0.3 is 0 Å². The van der Waals surface area contributed by atoms with Gasteiger partial charge in [0.15, 0.2) is 0 Å². The fourth-order valence-electron chi connectivity index (χ4n) is 1.77. The summed E-state index contributed by atoms with van der Waals surface area (Å²) in [5, 5.41) is 14.5. The Hall–Kier alpha value is -1.88. The minimum absolute atomic E-state index is 0.0323. The van der Waals surface area contributed by atoms with Crippen LogP contribution in [0.2, 0.25) is 0 Å². The quantitative estimate of drug-likeness (QED) is 0.711. The van der Waals surface area contributed by atoms with E-state index in [9.17, 15) is 9.59 Å². The average Bonchev–Trinajstić information content (AvgIpc) is 2.38. The van der Waals surface area contributed by atoms with Crippen molar-refractivity contribution in [2.45, 2.75) is 45.8 Å². The molecule has 2 amide bonds. The van der Waals surface area contributed by atoms with Crippen molar-refractivity contribution in [3.05, 3.63) is 29.8 Å². The standard InChI is InChI=1S/C15H22N2O3/c1-11(2)16-14(19)7-4-8-15(20)17-13-6-3-5-12(9-13)10-18/h3,5-6,9,11,18H,4,7-8,10H2,1-2H3,(H,16,19)(H,17,20). The second kappa shape index (κ2) is 8.32. The number of rotatable bonds is 7. The minimum Gasteiger partial charge on any atom is -0.392 e. The summed E-state index contributed by atoms with van der Waals surface area (Å²) in [4.78, 5) is 23.1. The van der Waals surface area contributed by atoms with Crippen LogP contribution in [0.5, 0.6) is 0 Å². The fraction of sp³-hybridized carbons (Fsp3) is 0.467. The van der Waals surface area contributed by atoms with E-state index in [1.165, 1.54) is 0 Å². The van der Waals surface area contributed by atoms with Gasteiger partial charge < -0.3 is 15.7 Å². The van der Waals surface area contributed by atoms with Crippen LogP contribution in [0.15, 0.2) is 24.3 Å². The van der Waals surface area contributed by atoms with Gasteiger partial charge in [0.1, 0.15) is 0 Å². The Morgan fingerprint density at radius 2 is 1.90 bits per heavy atom. The molecule has 0 unspecified atom stereocenters. The topological polar surface area (TPSA) is 78.4 Å². The van der Waals surface area contributed by atoms with E-state index in [2.05, 4.69) is 10.6 Å². The third-order valence-corrected chi connectivity index (χ3v) is 2.65. The molecule has 0 spiro atoms. The average molecular weight is 278 g/mol. The molecule has 1 aromatic rings. The van der Waals surface area contributed by atoms with Crippen LogP contribution in [0.4, 0.5) is 5.69 Å². The van der Waals surface area contributed by atoms with Crippen LogP contribution >= 0.6 is 0 Å². The van der Waals surface area contributed by atoms with Crippen LogP contribution in [0, 0.1) is 0 Å². The molecule has 0 radical (unpaired) electrons. The number of benzene rings is 1. The Kier molecular flexibility index (Phi) is 6.73. The van der Waals surface area contributed by atoms with Crippen LogP contribution in [0.3, 0.4) is 0 Å². The SMILES string of the molecule is CC(C)NC(=O)CCCC(=O)Nc1cccc(CO)c1. The maximum absolute atomic E-state index is 11.7. The van der Waals surface area contributed by atoms with Crippen LogP contribution in [0.1, 0.15) is 38.7 Å². The first-order valence-corrected chi connectivity index (χ1v) is 6.80. The van der Waals surface area contributed by atoms with Crippen LogP contribution in [-0.4, -0.2) is 23.0 Å². The third kappa shape index (κ3) is 6.33. The smallest absolute Gasteiger partial charge is 0.224 e. The maximum Gasteiger partial charge on any atom is 0.224 e. The van der Waals surface area contributed by atoms with Gasteiger partial charge in [0.2, 0.25) is 11.8 Å². The highest BCUT2D eigenvalue weighted by atomic mass is 16.3. The van der Waals surface area contributed by atoms with Crippen LogP contribution < -0.4 is 10.6 Å². The van der Waals surface area contributed by atoms with Crippen molar-refractivity contribution in [2.24, 2.45) is 0 Å². The Morgan fingerprint density at radius 3 is 2.55 bits per heavy atom. The number of aliphatic hydroxyl groups excluding tert-OH is 1. The summed E-state index contributed by atoms with van der Waals surface area (Å²) in [5.41, 5.74) is 1.41. The lowest BCUT2D eigenvalue weighted by Crippen LogP contribution is -2.30. The Labute approximate surface area is 119 Å². The number of amides is 2. The van der Waals surface area contributed by atoms with Crippen LogP contribution in [-0.2, 0) is 16.2 Å². The molecule has 0 fully saturated rings. The molecule has 1 aromatic carbocycles. The highest BCUT2D eigenvalue weighted by Gasteiger charge is 2.06. The summed E-state index contributed by atoms with van der Waals surface area (Å²) >= 11 is 0. The molecular weight excluding hydrogens is 256 g/mol. The maximum atomic E-state index is 11.7. The first-order valence-electron chi connectivity index (χ1n) is 6.80. The number of carbonyl (C=O) groups is 2. The summed E-state index contributed by atoms with van der Waals surface area (Å²) in [6.07, 6.45) is 1.17. The van der Waals surface area contributed by atoms with Gasteiger partial charge in [0.05, 0.1) is 6.61 Å². The number of hydrogen-bond donors (Lipinski definition) is 3. The molecule has 0 aromatic heterocycles. The molecule has 0 heterocycles. The van der Waals surface area contributed by atoms with Gasteiger partial charge in [-0.05, 0) is 38.0 Å². The molecule has 3 N–H and O–H groups in total. The summed E-state index contributed by atoms with van der Waals surface area (Å²) in [6, 6.07) is 7.17. The predicted octanol–water partition coefficient (Wildman–Crippen LogP) is 1.81. The van der Waals surface area contributed by atoms with E-state index in [0.29, 0.717) is 24.9 Å². The van der Waals surface area contributed by atoms with Crippen molar-refractivity contribution in [3.63, 3.8) is 0 Å². The highest BCUT2D eigenvalue weighted by molar-refractivity contribution is 5.91. The molecule has 20 heavy (non-hydrogen) atoms. The van der Waals surface area contributed by atoms with Gasteiger partial charge in [0.25, 0.3) is 0 Å². The molecular formula is C15H22N2O3. The van der Waals surface area contributed by atoms with Crippen molar-refractivity contribution in [3.8, 4) is 0 Å². The van der Waals surface area contributed by atoms with Gasteiger partial charge in [0, 0.05) is 24.6 Å².